The Morgan fingerprint density at radius 3 is 1.31 bits per heavy atom. The fraction of sp³-hybridized carbons (Fsp3) is 0.500. The molecule has 1 nitrogen and oxygen atoms in total. The molecule has 76 valence electrons. The van der Waals surface area contributed by atoms with E-state index in [1.54, 1.807) is 0 Å². The number of rotatable bonds is 6. The molecule has 2 unspecified atom stereocenters. The van der Waals surface area contributed by atoms with E-state index in [9.17, 15) is 0 Å². The minimum absolute atomic E-state index is 0.508. The van der Waals surface area contributed by atoms with Crippen molar-refractivity contribution < 1.29 is 4.74 Å². The van der Waals surface area contributed by atoms with Crippen LogP contribution in [-0.2, 0) is 4.74 Å². The van der Waals surface area contributed by atoms with Gasteiger partial charge in [-0.2, -0.15) is 0 Å². The van der Waals surface area contributed by atoms with Crippen LogP contribution in [0.15, 0.2) is 25.3 Å². The van der Waals surface area contributed by atoms with E-state index >= 15 is 0 Å². The normalized spacial score (nSPS) is 15.8. The summed E-state index contributed by atoms with van der Waals surface area (Å²) in [4.78, 5) is -1.40. The van der Waals surface area contributed by atoms with E-state index in [2.05, 4.69) is 13.2 Å². The van der Waals surface area contributed by atoms with Gasteiger partial charge in [-0.05, 0) is 0 Å². The van der Waals surface area contributed by atoms with Gasteiger partial charge in [-0.15, -0.1) is 59.6 Å². The smallest absolute Gasteiger partial charge is 0.137 e. The maximum Gasteiger partial charge on any atom is 0.137 e. The molecule has 0 saturated heterocycles. The quantitative estimate of drug-likeness (QED) is 0.524. The largest absolute Gasteiger partial charge is 0.361 e. The molecule has 0 radical (unpaired) electrons. The Kier molecular flexibility index (Phi) is 7.29. The Bertz CT molecular complexity index is 152. The number of hydrogen-bond donors (Lipinski definition) is 0. The van der Waals surface area contributed by atoms with Gasteiger partial charge in [-0.3, -0.25) is 0 Å². The zero-order valence-electron chi connectivity index (χ0n) is 6.80. The van der Waals surface area contributed by atoms with Gasteiger partial charge in [0.25, 0.3) is 0 Å². The lowest BCUT2D eigenvalue weighted by Gasteiger charge is -2.21. The molecule has 0 aliphatic heterocycles. The minimum Gasteiger partial charge on any atom is -0.361 e. The van der Waals surface area contributed by atoms with Crippen molar-refractivity contribution in [2.75, 3.05) is 0 Å². The van der Waals surface area contributed by atoms with Crippen molar-refractivity contribution in [1.29, 1.82) is 0 Å². The van der Waals surface area contributed by atoms with Crippen LogP contribution in [0.3, 0.4) is 0 Å². The van der Waals surface area contributed by atoms with Crippen molar-refractivity contribution >= 4 is 46.4 Å². The van der Waals surface area contributed by atoms with Gasteiger partial charge >= 0.3 is 0 Å². The van der Waals surface area contributed by atoms with E-state index in [1.807, 2.05) is 0 Å². The van der Waals surface area contributed by atoms with Gasteiger partial charge in [0, 0.05) is 0 Å². The lowest BCUT2D eigenvalue weighted by atomic mass is 10.3. The fourth-order valence-electron chi connectivity index (χ4n) is 0.617. The van der Waals surface area contributed by atoms with Crippen molar-refractivity contribution in [3.8, 4) is 0 Å². The van der Waals surface area contributed by atoms with E-state index in [-0.39, 0.29) is 0 Å². The van der Waals surface area contributed by atoms with Crippen molar-refractivity contribution in [1.82, 2.24) is 0 Å². The molecule has 0 bridgehead atoms. The molecule has 0 saturated carbocycles. The monoisotopic (exact) mass is 262 g/mol. The summed E-state index contributed by atoms with van der Waals surface area (Å²) >= 11 is 22.4. The lowest BCUT2D eigenvalue weighted by molar-refractivity contribution is 0.0570. The van der Waals surface area contributed by atoms with Crippen LogP contribution in [0.25, 0.3) is 0 Å². The van der Waals surface area contributed by atoms with E-state index in [0.29, 0.717) is 0 Å². The highest BCUT2D eigenvalue weighted by Crippen LogP contribution is 2.20. The van der Waals surface area contributed by atoms with Gasteiger partial charge in [0.05, 0.1) is 0 Å². The number of alkyl halides is 4. The second-order valence-corrected chi connectivity index (χ2v) is 4.53. The molecule has 0 heterocycles. The Morgan fingerprint density at radius 2 is 1.15 bits per heavy atom. The standard InChI is InChI=1S/C8H10Cl4O/c1-3-5(7(9)10)13-6(4-2)8(11)12/h3-8H,1-2H2. The summed E-state index contributed by atoms with van der Waals surface area (Å²) in [6.45, 7) is 7.03. The Labute approximate surface area is 98.2 Å². The van der Waals surface area contributed by atoms with E-state index in [0.717, 1.165) is 0 Å². The van der Waals surface area contributed by atoms with Crippen molar-refractivity contribution in [2.24, 2.45) is 0 Å². The first-order chi connectivity index (χ1) is 6.02. The van der Waals surface area contributed by atoms with Crippen LogP contribution in [0.2, 0.25) is 0 Å². The summed E-state index contributed by atoms with van der Waals surface area (Å²) in [5.74, 6) is 0. The second-order valence-electron chi connectivity index (χ2n) is 2.21. The first-order valence-electron chi connectivity index (χ1n) is 3.49. The third-order valence-electron chi connectivity index (χ3n) is 1.28. The van der Waals surface area contributed by atoms with Crippen LogP contribution in [0.4, 0.5) is 0 Å². The molecule has 0 rings (SSSR count). The highest BCUT2D eigenvalue weighted by atomic mass is 35.5. The third kappa shape index (κ3) is 5.14. The molecule has 0 aromatic rings. The van der Waals surface area contributed by atoms with Gasteiger partial charge in [0.1, 0.15) is 21.9 Å². The zero-order valence-corrected chi connectivity index (χ0v) is 9.82. The van der Waals surface area contributed by atoms with Crippen LogP contribution in [0.5, 0.6) is 0 Å². The van der Waals surface area contributed by atoms with Gasteiger partial charge in [-0.25, -0.2) is 0 Å². The van der Waals surface area contributed by atoms with Crippen LogP contribution in [0.1, 0.15) is 0 Å². The predicted molar refractivity (Wildman–Crippen MR) is 60.0 cm³/mol. The summed E-state index contributed by atoms with van der Waals surface area (Å²) in [5, 5.41) is 0. The molecular weight excluding hydrogens is 254 g/mol. The maximum atomic E-state index is 5.60. The summed E-state index contributed by atoms with van der Waals surface area (Å²) in [5.41, 5.74) is 0. The first-order valence-corrected chi connectivity index (χ1v) is 5.24. The summed E-state index contributed by atoms with van der Waals surface area (Å²) < 4.78 is 5.31. The predicted octanol–water partition coefficient (Wildman–Crippen LogP) is 3.72. The summed E-state index contributed by atoms with van der Waals surface area (Å²) in [6.07, 6.45) is 1.95. The topological polar surface area (TPSA) is 9.23 Å². The molecule has 0 fully saturated rings. The van der Waals surface area contributed by atoms with E-state index in [1.165, 1.54) is 12.2 Å². The molecule has 13 heavy (non-hydrogen) atoms. The maximum absolute atomic E-state index is 5.60. The highest BCUT2D eigenvalue weighted by molar-refractivity contribution is 6.45. The van der Waals surface area contributed by atoms with Crippen LogP contribution in [-0.4, -0.2) is 21.9 Å². The van der Waals surface area contributed by atoms with Gasteiger partial charge in [0.15, 0.2) is 0 Å². The van der Waals surface area contributed by atoms with Crippen LogP contribution >= 0.6 is 46.4 Å². The van der Waals surface area contributed by atoms with Crippen molar-refractivity contribution in [3.63, 3.8) is 0 Å². The zero-order chi connectivity index (χ0) is 10.4. The Hall–Kier alpha value is 0.600. The Balaban J connectivity index is 4.19. The van der Waals surface area contributed by atoms with E-state index < -0.39 is 21.9 Å². The second kappa shape index (κ2) is 6.97. The van der Waals surface area contributed by atoms with Crippen molar-refractivity contribution in [2.45, 2.75) is 21.9 Å². The summed E-state index contributed by atoms with van der Waals surface area (Å²) in [6, 6.07) is 0. The molecule has 0 spiro atoms. The first kappa shape index (κ1) is 13.6. The van der Waals surface area contributed by atoms with E-state index in [4.69, 9.17) is 51.1 Å². The molecule has 0 aliphatic rings. The lowest BCUT2D eigenvalue weighted by Crippen LogP contribution is -2.28. The van der Waals surface area contributed by atoms with Crippen LogP contribution in [0, 0.1) is 0 Å². The number of ether oxygens (including phenoxy) is 1. The van der Waals surface area contributed by atoms with Gasteiger partial charge in [0.2, 0.25) is 0 Å². The average molecular weight is 264 g/mol. The SMILES string of the molecule is C=CC(OC(C=C)C(Cl)Cl)C(Cl)Cl. The van der Waals surface area contributed by atoms with Crippen LogP contribution < -0.4 is 0 Å². The molecule has 0 aromatic carbocycles. The fourth-order valence-corrected chi connectivity index (χ4v) is 1.27. The Morgan fingerprint density at radius 1 is 0.846 bits per heavy atom. The molecule has 5 heteroatoms. The molecule has 0 aliphatic carbocycles. The van der Waals surface area contributed by atoms with Gasteiger partial charge < -0.3 is 4.74 Å². The summed E-state index contributed by atoms with van der Waals surface area (Å²) in [7, 11) is 0. The average Bonchev–Trinajstić information content (AvgIpc) is 2.05. The molecule has 0 amide bonds. The molecular formula is C8H10Cl4O. The highest BCUT2D eigenvalue weighted by Gasteiger charge is 2.21. The number of halogens is 4. The van der Waals surface area contributed by atoms with Gasteiger partial charge in [-0.1, -0.05) is 12.2 Å². The third-order valence-corrected chi connectivity index (χ3v) is 2.27. The molecule has 0 N–H and O–H groups in total. The minimum atomic E-state index is -0.702. The van der Waals surface area contributed by atoms with Crippen molar-refractivity contribution in [3.05, 3.63) is 25.3 Å². The number of hydrogen-bond acceptors (Lipinski definition) is 1. The molecule has 0 aromatic heterocycles. The molecule has 2 atom stereocenters.